The molecule has 0 aliphatic carbocycles. The molecule has 0 radical (unpaired) electrons. The summed E-state index contributed by atoms with van der Waals surface area (Å²) in [5, 5.41) is 4.23. The largest absolute Gasteiger partial charge is 0.398 e. The molecule has 0 unspecified atom stereocenters. The number of aryl methyl sites for hydroxylation is 2. The van der Waals surface area contributed by atoms with Crippen LogP contribution in [0, 0.1) is 6.92 Å². The Kier molecular flexibility index (Phi) is 2.97. The summed E-state index contributed by atoms with van der Waals surface area (Å²) in [5.74, 6) is 0.0319. The number of fused-ring (bicyclic) bond motifs is 1. The predicted octanol–water partition coefficient (Wildman–Crippen LogP) is 1.51. The van der Waals surface area contributed by atoms with E-state index in [0.29, 0.717) is 12.1 Å². The summed E-state index contributed by atoms with van der Waals surface area (Å²) in [7, 11) is 1.83. The summed E-state index contributed by atoms with van der Waals surface area (Å²) >= 11 is 0. The zero-order chi connectivity index (χ0) is 14.3. The Labute approximate surface area is 118 Å². The molecule has 104 valence electrons. The number of amides is 1. The van der Waals surface area contributed by atoms with Crippen molar-refractivity contribution < 1.29 is 4.79 Å². The number of hydrogen-bond acceptors (Lipinski definition) is 3. The van der Waals surface area contributed by atoms with Gasteiger partial charge in [-0.25, -0.2) is 0 Å². The molecule has 0 atom stereocenters. The van der Waals surface area contributed by atoms with Gasteiger partial charge in [-0.05, 0) is 30.5 Å². The molecule has 0 saturated heterocycles. The number of rotatable bonds is 1. The van der Waals surface area contributed by atoms with Crippen LogP contribution >= 0.6 is 0 Å². The monoisotopic (exact) mass is 270 g/mol. The van der Waals surface area contributed by atoms with Crippen molar-refractivity contribution in [3.8, 4) is 0 Å². The molecule has 2 aromatic rings. The Morgan fingerprint density at radius 3 is 2.90 bits per heavy atom. The van der Waals surface area contributed by atoms with Crippen LogP contribution in [0.25, 0.3) is 0 Å². The van der Waals surface area contributed by atoms with Crippen LogP contribution in [0.2, 0.25) is 0 Å². The second kappa shape index (κ2) is 4.67. The Balaban J connectivity index is 1.89. The second-order valence-electron chi connectivity index (χ2n) is 5.26. The number of nitrogens with two attached hydrogens (primary N) is 1. The molecule has 5 heteroatoms. The average Bonchev–Trinajstić information content (AvgIpc) is 2.77. The predicted molar refractivity (Wildman–Crippen MR) is 77.2 cm³/mol. The lowest BCUT2D eigenvalue weighted by Crippen LogP contribution is -2.36. The lowest BCUT2D eigenvalue weighted by Gasteiger charge is -2.29. The highest BCUT2D eigenvalue weighted by molar-refractivity contribution is 5.95. The zero-order valence-corrected chi connectivity index (χ0v) is 11.8. The Hall–Kier alpha value is -2.30. The third-order valence-corrected chi connectivity index (χ3v) is 3.84. The molecule has 2 N–H and O–H groups in total. The number of carbonyl (C=O) groups excluding carboxylic acids is 1. The van der Waals surface area contributed by atoms with E-state index in [9.17, 15) is 4.79 Å². The van der Waals surface area contributed by atoms with E-state index in [1.165, 1.54) is 5.56 Å². The topological polar surface area (TPSA) is 64.2 Å². The van der Waals surface area contributed by atoms with E-state index in [1.807, 2.05) is 31.0 Å². The molecular formula is C15H18N4O. The minimum absolute atomic E-state index is 0.0319. The average molecular weight is 270 g/mol. The van der Waals surface area contributed by atoms with Crippen LogP contribution in [-0.4, -0.2) is 27.1 Å². The van der Waals surface area contributed by atoms with Crippen LogP contribution in [-0.2, 0) is 20.0 Å². The van der Waals surface area contributed by atoms with Crippen LogP contribution in [0.4, 0.5) is 5.69 Å². The smallest absolute Gasteiger partial charge is 0.257 e. The van der Waals surface area contributed by atoms with Gasteiger partial charge in [0.1, 0.15) is 0 Å². The minimum atomic E-state index is 0.0319. The van der Waals surface area contributed by atoms with E-state index < -0.39 is 0 Å². The van der Waals surface area contributed by atoms with E-state index in [2.05, 4.69) is 11.2 Å². The minimum Gasteiger partial charge on any atom is -0.398 e. The summed E-state index contributed by atoms with van der Waals surface area (Å²) in [5.41, 5.74) is 10.6. The molecule has 1 aliphatic rings. The molecule has 0 bridgehead atoms. The van der Waals surface area contributed by atoms with Gasteiger partial charge >= 0.3 is 0 Å². The molecule has 0 spiro atoms. The van der Waals surface area contributed by atoms with Gasteiger partial charge in [0.2, 0.25) is 0 Å². The first-order chi connectivity index (χ1) is 9.56. The van der Waals surface area contributed by atoms with Crippen LogP contribution in [0.1, 0.15) is 27.2 Å². The number of hydrogen-bond donors (Lipinski definition) is 1. The summed E-state index contributed by atoms with van der Waals surface area (Å²) in [6.45, 7) is 3.16. The van der Waals surface area contributed by atoms with Crippen molar-refractivity contribution >= 4 is 11.6 Å². The first-order valence-corrected chi connectivity index (χ1v) is 6.72. The highest BCUT2D eigenvalue weighted by atomic mass is 16.2. The van der Waals surface area contributed by atoms with Crippen molar-refractivity contribution in [2.75, 3.05) is 12.3 Å². The van der Waals surface area contributed by atoms with E-state index in [1.54, 1.807) is 10.9 Å². The molecule has 0 saturated carbocycles. The van der Waals surface area contributed by atoms with Gasteiger partial charge in [0.15, 0.2) is 0 Å². The fraction of sp³-hybridized carbons (Fsp3) is 0.333. The SMILES string of the molecule is Cc1nn(C)cc1C(=O)N1CCc2cccc(N)c2C1. The van der Waals surface area contributed by atoms with Gasteiger partial charge in [-0.3, -0.25) is 9.48 Å². The first kappa shape index (κ1) is 12.7. The van der Waals surface area contributed by atoms with Crippen molar-refractivity contribution in [2.45, 2.75) is 19.9 Å². The fourth-order valence-electron chi connectivity index (χ4n) is 2.76. The van der Waals surface area contributed by atoms with Crippen LogP contribution in [0.5, 0.6) is 0 Å². The van der Waals surface area contributed by atoms with Gasteiger partial charge in [-0.2, -0.15) is 5.10 Å². The van der Waals surface area contributed by atoms with Gasteiger partial charge in [0.25, 0.3) is 5.91 Å². The third-order valence-electron chi connectivity index (χ3n) is 3.84. The summed E-state index contributed by atoms with van der Waals surface area (Å²) in [6, 6.07) is 5.95. The van der Waals surface area contributed by atoms with Crippen LogP contribution in [0.15, 0.2) is 24.4 Å². The normalized spacial score (nSPS) is 14.2. The summed E-state index contributed by atoms with van der Waals surface area (Å²) in [4.78, 5) is 14.4. The molecule has 0 fully saturated rings. The molecule has 1 amide bonds. The van der Waals surface area contributed by atoms with Crippen molar-refractivity contribution in [3.63, 3.8) is 0 Å². The standard InChI is InChI=1S/C15H18N4O/c1-10-12(8-18(2)17-10)15(20)19-7-6-11-4-3-5-14(16)13(11)9-19/h3-5,8H,6-7,9,16H2,1-2H3. The summed E-state index contributed by atoms with van der Waals surface area (Å²) in [6.07, 6.45) is 2.63. The van der Waals surface area contributed by atoms with Crippen molar-refractivity contribution in [3.05, 3.63) is 46.8 Å². The maximum absolute atomic E-state index is 12.6. The number of carbonyl (C=O) groups is 1. The number of benzene rings is 1. The molecule has 3 rings (SSSR count). The molecule has 1 aromatic heterocycles. The van der Waals surface area contributed by atoms with Crippen molar-refractivity contribution in [1.29, 1.82) is 0 Å². The number of anilines is 1. The number of nitrogen functional groups attached to an aromatic ring is 1. The molecule has 1 aromatic carbocycles. The highest BCUT2D eigenvalue weighted by Gasteiger charge is 2.25. The highest BCUT2D eigenvalue weighted by Crippen LogP contribution is 2.25. The molecule has 20 heavy (non-hydrogen) atoms. The lowest BCUT2D eigenvalue weighted by molar-refractivity contribution is 0.0734. The first-order valence-electron chi connectivity index (χ1n) is 6.72. The van der Waals surface area contributed by atoms with Gasteiger partial charge < -0.3 is 10.6 Å². The van der Waals surface area contributed by atoms with E-state index in [0.717, 1.165) is 29.9 Å². The van der Waals surface area contributed by atoms with Gasteiger partial charge in [-0.15, -0.1) is 0 Å². The Morgan fingerprint density at radius 2 is 2.20 bits per heavy atom. The van der Waals surface area contributed by atoms with E-state index >= 15 is 0 Å². The molecule has 5 nitrogen and oxygen atoms in total. The zero-order valence-electron chi connectivity index (χ0n) is 11.8. The quantitative estimate of drug-likeness (QED) is 0.799. The number of aromatic nitrogens is 2. The van der Waals surface area contributed by atoms with Crippen LogP contribution in [0.3, 0.4) is 0 Å². The molecular weight excluding hydrogens is 252 g/mol. The third kappa shape index (κ3) is 2.05. The fourth-order valence-corrected chi connectivity index (χ4v) is 2.76. The Bertz CT molecular complexity index is 675. The number of nitrogens with zero attached hydrogens (tertiary/aromatic N) is 3. The van der Waals surface area contributed by atoms with Crippen LogP contribution < -0.4 is 5.73 Å². The molecule has 2 heterocycles. The van der Waals surface area contributed by atoms with Crippen molar-refractivity contribution in [1.82, 2.24) is 14.7 Å². The summed E-state index contributed by atoms with van der Waals surface area (Å²) < 4.78 is 1.68. The maximum atomic E-state index is 12.6. The van der Waals surface area contributed by atoms with Gasteiger partial charge in [-0.1, -0.05) is 12.1 Å². The van der Waals surface area contributed by atoms with E-state index in [4.69, 9.17) is 5.73 Å². The maximum Gasteiger partial charge on any atom is 0.257 e. The second-order valence-corrected chi connectivity index (χ2v) is 5.26. The van der Waals surface area contributed by atoms with Gasteiger partial charge in [0.05, 0.1) is 11.3 Å². The van der Waals surface area contributed by atoms with Gasteiger partial charge in [0, 0.05) is 32.0 Å². The Morgan fingerprint density at radius 1 is 1.40 bits per heavy atom. The van der Waals surface area contributed by atoms with Crippen molar-refractivity contribution in [2.24, 2.45) is 7.05 Å². The van der Waals surface area contributed by atoms with E-state index in [-0.39, 0.29) is 5.91 Å². The lowest BCUT2D eigenvalue weighted by atomic mass is 9.97. The molecule has 1 aliphatic heterocycles.